The summed E-state index contributed by atoms with van der Waals surface area (Å²) in [4.78, 5) is 12.4. The first kappa shape index (κ1) is 21.6. The molecule has 0 aliphatic rings. The summed E-state index contributed by atoms with van der Waals surface area (Å²) in [7, 11) is 0. The van der Waals surface area contributed by atoms with Gasteiger partial charge in [-0.15, -0.1) is 10.2 Å². The largest absolute Gasteiger partial charge is 0.484 e. The van der Waals surface area contributed by atoms with Crippen LogP contribution in [0.15, 0.2) is 52.1 Å². The molecule has 0 bridgehead atoms. The van der Waals surface area contributed by atoms with Crippen LogP contribution in [-0.4, -0.2) is 21.9 Å². The molecule has 2 aromatic carbocycles. The van der Waals surface area contributed by atoms with E-state index in [-0.39, 0.29) is 18.3 Å². The zero-order chi connectivity index (χ0) is 20.8. The molecule has 1 heterocycles. The molecular weight excluding hydrogens is 501 g/mol. The third kappa shape index (κ3) is 6.20. The summed E-state index contributed by atoms with van der Waals surface area (Å²) < 4.78 is 12.4. The lowest BCUT2D eigenvalue weighted by molar-refractivity contribution is -0.113. The van der Waals surface area contributed by atoms with Crippen LogP contribution < -0.4 is 10.1 Å². The molecule has 1 amide bonds. The van der Waals surface area contributed by atoms with E-state index in [4.69, 9.17) is 9.15 Å². The van der Waals surface area contributed by atoms with Crippen LogP contribution in [0.25, 0.3) is 0 Å². The molecule has 0 aliphatic carbocycles. The van der Waals surface area contributed by atoms with Crippen molar-refractivity contribution in [2.45, 2.75) is 38.5 Å². The SMILES string of the molecule is Cc1ccccc1OCc1nnc(SCC(=O)Nc2ccc(I)cc2C(C)C)o1. The Labute approximate surface area is 188 Å². The van der Waals surface area contributed by atoms with Gasteiger partial charge in [0.1, 0.15) is 5.75 Å². The van der Waals surface area contributed by atoms with Crippen LogP contribution in [-0.2, 0) is 11.4 Å². The van der Waals surface area contributed by atoms with Gasteiger partial charge in [0.25, 0.3) is 11.1 Å². The number of hydrogen-bond acceptors (Lipinski definition) is 6. The standard InChI is InChI=1S/C21H22IN3O3S/c1-13(2)16-10-15(22)8-9-17(16)23-19(26)12-29-21-25-24-20(28-21)11-27-18-7-5-4-6-14(18)3/h4-10,13H,11-12H2,1-3H3,(H,23,26). The first-order chi connectivity index (χ1) is 13.9. The number of hydrogen-bond donors (Lipinski definition) is 1. The van der Waals surface area contributed by atoms with Gasteiger partial charge in [0.05, 0.1) is 5.75 Å². The van der Waals surface area contributed by atoms with Crippen LogP contribution in [0.2, 0.25) is 0 Å². The highest BCUT2D eigenvalue weighted by atomic mass is 127. The van der Waals surface area contributed by atoms with Crippen LogP contribution in [0.3, 0.4) is 0 Å². The van der Waals surface area contributed by atoms with E-state index in [1.807, 2.05) is 43.3 Å². The van der Waals surface area contributed by atoms with Crippen molar-refractivity contribution in [3.05, 3.63) is 63.1 Å². The first-order valence-corrected chi connectivity index (χ1v) is 11.2. The molecule has 8 heteroatoms. The van der Waals surface area contributed by atoms with Gasteiger partial charge in [0, 0.05) is 9.26 Å². The number of rotatable bonds is 8. The van der Waals surface area contributed by atoms with E-state index < -0.39 is 0 Å². The molecule has 1 aromatic heterocycles. The predicted molar refractivity (Wildman–Crippen MR) is 122 cm³/mol. The summed E-state index contributed by atoms with van der Waals surface area (Å²) in [5, 5.41) is 11.3. The maximum absolute atomic E-state index is 12.4. The van der Waals surface area contributed by atoms with E-state index >= 15 is 0 Å². The molecule has 0 spiro atoms. The number of para-hydroxylation sites is 1. The van der Waals surface area contributed by atoms with E-state index in [2.05, 4.69) is 58.0 Å². The fourth-order valence-corrected chi connectivity index (χ4v) is 3.75. The highest BCUT2D eigenvalue weighted by molar-refractivity contribution is 14.1. The molecule has 29 heavy (non-hydrogen) atoms. The summed E-state index contributed by atoms with van der Waals surface area (Å²) in [5.41, 5.74) is 2.99. The second kappa shape index (κ2) is 10.1. The van der Waals surface area contributed by atoms with Gasteiger partial charge >= 0.3 is 0 Å². The topological polar surface area (TPSA) is 77.2 Å². The van der Waals surface area contributed by atoms with Gasteiger partial charge in [-0.25, -0.2) is 0 Å². The van der Waals surface area contributed by atoms with Gasteiger partial charge < -0.3 is 14.5 Å². The summed E-state index contributed by atoms with van der Waals surface area (Å²) >= 11 is 3.47. The number of aryl methyl sites for hydroxylation is 1. The minimum absolute atomic E-state index is 0.117. The lowest BCUT2D eigenvalue weighted by atomic mass is 10.0. The predicted octanol–water partition coefficient (Wildman–Crippen LogP) is 5.42. The van der Waals surface area contributed by atoms with Crippen molar-refractivity contribution in [1.29, 1.82) is 0 Å². The monoisotopic (exact) mass is 523 g/mol. The number of aromatic nitrogens is 2. The van der Waals surface area contributed by atoms with E-state index in [0.29, 0.717) is 17.0 Å². The van der Waals surface area contributed by atoms with Crippen LogP contribution in [0.1, 0.15) is 36.8 Å². The number of carbonyl (C=O) groups excluding carboxylic acids is 1. The molecule has 0 saturated heterocycles. The Kier molecular flexibility index (Phi) is 7.54. The molecule has 0 aliphatic heterocycles. The van der Waals surface area contributed by atoms with Crippen molar-refractivity contribution in [2.24, 2.45) is 0 Å². The van der Waals surface area contributed by atoms with Crippen molar-refractivity contribution in [3.8, 4) is 5.75 Å². The number of nitrogens with zero attached hydrogens (tertiary/aromatic N) is 2. The van der Waals surface area contributed by atoms with E-state index in [9.17, 15) is 4.79 Å². The second-order valence-corrected chi connectivity index (χ2v) is 8.91. The van der Waals surface area contributed by atoms with E-state index in [0.717, 1.165) is 26.1 Å². The van der Waals surface area contributed by atoms with Crippen molar-refractivity contribution in [3.63, 3.8) is 0 Å². The molecule has 6 nitrogen and oxygen atoms in total. The second-order valence-electron chi connectivity index (χ2n) is 6.74. The summed E-state index contributed by atoms with van der Waals surface area (Å²) in [5.74, 6) is 1.53. The maximum Gasteiger partial charge on any atom is 0.277 e. The summed E-state index contributed by atoms with van der Waals surface area (Å²) in [6, 6.07) is 13.7. The number of benzene rings is 2. The molecule has 0 atom stereocenters. The fraction of sp³-hybridized carbons (Fsp3) is 0.286. The molecule has 3 aromatic rings. The van der Waals surface area contributed by atoms with Gasteiger partial charge in [0.15, 0.2) is 6.61 Å². The molecule has 152 valence electrons. The van der Waals surface area contributed by atoms with Crippen molar-refractivity contribution >= 4 is 45.9 Å². The van der Waals surface area contributed by atoms with Crippen LogP contribution >= 0.6 is 34.4 Å². The maximum atomic E-state index is 12.4. The van der Waals surface area contributed by atoms with E-state index in [1.165, 1.54) is 11.8 Å². The number of carbonyl (C=O) groups is 1. The summed E-state index contributed by atoms with van der Waals surface area (Å²) in [6.07, 6.45) is 0. The van der Waals surface area contributed by atoms with Crippen molar-refractivity contribution < 1.29 is 13.9 Å². The van der Waals surface area contributed by atoms with Crippen LogP contribution in [0.5, 0.6) is 5.75 Å². The smallest absolute Gasteiger partial charge is 0.277 e. The number of amides is 1. The highest BCUT2D eigenvalue weighted by Gasteiger charge is 2.13. The fourth-order valence-electron chi connectivity index (χ4n) is 2.65. The Morgan fingerprint density at radius 2 is 2.03 bits per heavy atom. The average molecular weight is 523 g/mol. The average Bonchev–Trinajstić information content (AvgIpc) is 3.15. The van der Waals surface area contributed by atoms with Crippen LogP contribution in [0, 0.1) is 10.5 Å². The third-order valence-electron chi connectivity index (χ3n) is 4.13. The lowest BCUT2D eigenvalue weighted by Gasteiger charge is -2.14. The van der Waals surface area contributed by atoms with Gasteiger partial charge in [-0.2, -0.15) is 0 Å². The molecule has 0 radical (unpaired) electrons. The first-order valence-electron chi connectivity index (χ1n) is 9.15. The Balaban J connectivity index is 1.52. The molecule has 1 N–H and O–H groups in total. The molecule has 0 unspecified atom stereocenters. The Morgan fingerprint density at radius 1 is 1.24 bits per heavy atom. The van der Waals surface area contributed by atoms with Crippen molar-refractivity contribution in [2.75, 3.05) is 11.1 Å². The number of ether oxygens (including phenoxy) is 1. The molecule has 0 fully saturated rings. The number of thioether (sulfide) groups is 1. The summed E-state index contributed by atoms with van der Waals surface area (Å²) in [6.45, 7) is 6.37. The Bertz CT molecular complexity index is 991. The lowest BCUT2D eigenvalue weighted by Crippen LogP contribution is -2.15. The zero-order valence-electron chi connectivity index (χ0n) is 16.4. The number of anilines is 1. The third-order valence-corrected chi connectivity index (χ3v) is 5.62. The number of nitrogens with one attached hydrogen (secondary N) is 1. The van der Waals surface area contributed by atoms with Gasteiger partial charge in [-0.3, -0.25) is 4.79 Å². The number of halogens is 1. The normalized spacial score (nSPS) is 10.9. The van der Waals surface area contributed by atoms with E-state index in [1.54, 1.807) is 0 Å². The van der Waals surface area contributed by atoms with Crippen molar-refractivity contribution in [1.82, 2.24) is 10.2 Å². The molecular formula is C21H22IN3O3S. The highest BCUT2D eigenvalue weighted by Crippen LogP contribution is 2.27. The molecule has 0 saturated carbocycles. The minimum Gasteiger partial charge on any atom is -0.484 e. The zero-order valence-corrected chi connectivity index (χ0v) is 19.4. The van der Waals surface area contributed by atoms with Gasteiger partial charge in [-0.05, 0) is 70.8 Å². The Morgan fingerprint density at radius 3 is 2.79 bits per heavy atom. The molecule has 3 rings (SSSR count). The van der Waals surface area contributed by atoms with Gasteiger partial charge in [0.2, 0.25) is 5.91 Å². The van der Waals surface area contributed by atoms with Gasteiger partial charge in [-0.1, -0.05) is 43.8 Å². The minimum atomic E-state index is -0.117. The van der Waals surface area contributed by atoms with Crippen LogP contribution in [0.4, 0.5) is 5.69 Å². The Hall–Kier alpha value is -2.07. The quantitative estimate of drug-likeness (QED) is 0.314.